The third-order valence-electron chi connectivity index (χ3n) is 2.63. The first kappa shape index (κ1) is 13.8. The molecule has 4 nitrogen and oxygen atoms in total. The van der Waals surface area contributed by atoms with Crippen LogP contribution < -0.4 is 0 Å². The molecule has 5 heteroatoms. The Labute approximate surface area is 108 Å². The molecule has 92 valence electrons. The highest BCUT2D eigenvalue weighted by molar-refractivity contribution is 9.10. The molecule has 1 aromatic carbocycles. The second kappa shape index (κ2) is 5.40. The van der Waals surface area contributed by atoms with Gasteiger partial charge in [0.05, 0.1) is 10.8 Å². The van der Waals surface area contributed by atoms with E-state index in [1.807, 2.05) is 13.8 Å². The molecule has 0 aliphatic heterocycles. The van der Waals surface area contributed by atoms with Crippen molar-refractivity contribution < 1.29 is 9.72 Å². The van der Waals surface area contributed by atoms with Gasteiger partial charge in [-0.05, 0) is 18.9 Å². The van der Waals surface area contributed by atoms with Crippen LogP contribution in [-0.2, 0) is 4.79 Å². The van der Waals surface area contributed by atoms with E-state index in [0.717, 1.165) is 0 Å². The highest BCUT2D eigenvalue weighted by Gasteiger charge is 2.28. The number of halogens is 1. The summed E-state index contributed by atoms with van der Waals surface area (Å²) >= 11 is 3.20. The molecule has 0 bridgehead atoms. The first-order valence-electron chi connectivity index (χ1n) is 5.29. The summed E-state index contributed by atoms with van der Waals surface area (Å²) in [6, 6.07) is 4.81. The third kappa shape index (κ3) is 3.12. The van der Waals surface area contributed by atoms with Gasteiger partial charge in [-0.3, -0.25) is 14.9 Å². The van der Waals surface area contributed by atoms with Crippen molar-refractivity contribution in [3.8, 4) is 0 Å². The molecule has 1 unspecified atom stereocenters. The first-order valence-corrected chi connectivity index (χ1v) is 6.08. The zero-order valence-electron chi connectivity index (χ0n) is 9.94. The van der Waals surface area contributed by atoms with Gasteiger partial charge in [0, 0.05) is 16.1 Å². The second-order valence-electron chi connectivity index (χ2n) is 4.29. The number of benzene rings is 1. The predicted molar refractivity (Wildman–Crippen MR) is 69.1 cm³/mol. The average Bonchev–Trinajstić information content (AvgIpc) is 2.19. The number of nitrogens with zero attached hydrogens (tertiary/aromatic N) is 1. The van der Waals surface area contributed by atoms with Gasteiger partial charge >= 0.3 is 0 Å². The number of nitro groups is 1. The van der Waals surface area contributed by atoms with E-state index in [4.69, 9.17) is 0 Å². The molecule has 0 aliphatic rings. The molecule has 0 aromatic heterocycles. The fourth-order valence-electron chi connectivity index (χ4n) is 1.99. The van der Waals surface area contributed by atoms with Crippen LogP contribution in [0.3, 0.4) is 0 Å². The Balaban J connectivity index is 3.37. The maximum absolute atomic E-state index is 11.6. The van der Waals surface area contributed by atoms with E-state index >= 15 is 0 Å². The van der Waals surface area contributed by atoms with Crippen LogP contribution in [0.25, 0.3) is 0 Å². The summed E-state index contributed by atoms with van der Waals surface area (Å²) in [6.07, 6.45) is 0. The molecule has 1 aromatic rings. The van der Waals surface area contributed by atoms with Crippen molar-refractivity contribution >= 4 is 27.4 Å². The summed E-state index contributed by atoms with van der Waals surface area (Å²) < 4.78 is 0.638. The molecular formula is C12H14BrNO3. The van der Waals surface area contributed by atoms with Crippen molar-refractivity contribution in [2.75, 3.05) is 0 Å². The highest BCUT2D eigenvalue weighted by atomic mass is 79.9. The summed E-state index contributed by atoms with van der Waals surface area (Å²) in [4.78, 5) is 22.2. The lowest BCUT2D eigenvalue weighted by atomic mass is 9.84. The topological polar surface area (TPSA) is 60.2 Å². The van der Waals surface area contributed by atoms with Crippen molar-refractivity contribution in [2.24, 2.45) is 5.92 Å². The van der Waals surface area contributed by atoms with Crippen molar-refractivity contribution in [3.05, 3.63) is 38.3 Å². The normalized spacial score (nSPS) is 12.5. The molecule has 0 radical (unpaired) electrons. The fraction of sp³-hybridized carbons (Fsp3) is 0.417. The zero-order chi connectivity index (χ0) is 13.2. The van der Waals surface area contributed by atoms with E-state index in [2.05, 4.69) is 15.9 Å². The Morgan fingerprint density at radius 3 is 2.41 bits per heavy atom. The number of ketones is 1. The molecule has 0 fully saturated rings. The van der Waals surface area contributed by atoms with Crippen molar-refractivity contribution in [1.82, 2.24) is 0 Å². The molecule has 1 rings (SSSR count). The number of rotatable bonds is 4. The summed E-state index contributed by atoms with van der Waals surface area (Å²) in [5.41, 5.74) is 0.481. The molecule has 0 saturated heterocycles. The van der Waals surface area contributed by atoms with Crippen LogP contribution in [0.2, 0.25) is 0 Å². The van der Waals surface area contributed by atoms with Gasteiger partial charge in [-0.2, -0.15) is 0 Å². The molecule has 1 atom stereocenters. The summed E-state index contributed by atoms with van der Waals surface area (Å²) in [6.45, 7) is 5.24. The average molecular weight is 300 g/mol. The van der Waals surface area contributed by atoms with E-state index in [0.29, 0.717) is 10.0 Å². The molecule has 0 amide bonds. The molecule has 0 heterocycles. The molecular weight excluding hydrogens is 286 g/mol. The van der Waals surface area contributed by atoms with Crippen LogP contribution in [0.4, 0.5) is 5.69 Å². The fourth-order valence-corrected chi connectivity index (χ4v) is 2.33. The smallest absolute Gasteiger partial charge is 0.274 e. The Kier molecular flexibility index (Phi) is 4.40. The molecule has 0 aliphatic carbocycles. The van der Waals surface area contributed by atoms with Crippen LogP contribution in [0.15, 0.2) is 22.7 Å². The lowest BCUT2D eigenvalue weighted by Gasteiger charge is -2.18. The quantitative estimate of drug-likeness (QED) is 0.629. The third-order valence-corrected chi connectivity index (χ3v) is 3.12. The van der Waals surface area contributed by atoms with E-state index in [9.17, 15) is 14.9 Å². The van der Waals surface area contributed by atoms with Crippen LogP contribution in [0.5, 0.6) is 0 Å². The summed E-state index contributed by atoms with van der Waals surface area (Å²) in [5, 5.41) is 11.0. The van der Waals surface area contributed by atoms with Crippen LogP contribution in [-0.4, -0.2) is 10.7 Å². The van der Waals surface area contributed by atoms with Gasteiger partial charge in [0.1, 0.15) is 5.78 Å². The minimum atomic E-state index is -0.446. The van der Waals surface area contributed by atoms with Crippen molar-refractivity contribution in [2.45, 2.75) is 26.7 Å². The number of carbonyl (C=O) groups is 1. The SMILES string of the molecule is CC(=O)C(c1ccc(Br)cc1[N+](=O)[O-])C(C)C. The highest BCUT2D eigenvalue weighted by Crippen LogP contribution is 2.34. The number of hydrogen-bond donors (Lipinski definition) is 0. The molecule has 17 heavy (non-hydrogen) atoms. The minimum Gasteiger partial charge on any atom is -0.299 e. The van der Waals surface area contributed by atoms with E-state index in [-0.39, 0.29) is 17.4 Å². The molecule has 0 N–H and O–H groups in total. The van der Waals surface area contributed by atoms with Crippen molar-refractivity contribution in [1.29, 1.82) is 0 Å². The van der Waals surface area contributed by atoms with Gasteiger partial charge in [0.15, 0.2) is 0 Å². The van der Waals surface area contributed by atoms with Crippen LogP contribution >= 0.6 is 15.9 Å². The molecule has 0 saturated carbocycles. The number of hydrogen-bond acceptors (Lipinski definition) is 3. The number of nitro benzene ring substituents is 1. The lowest BCUT2D eigenvalue weighted by Crippen LogP contribution is -2.16. The Morgan fingerprint density at radius 1 is 1.41 bits per heavy atom. The largest absolute Gasteiger partial charge is 0.299 e. The Hall–Kier alpha value is -1.23. The zero-order valence-corrected chi connectivity index (χ0v) is 11.5. The Morgan fingerprint density at radius 2 is 2.00 bits per heavy atom. The van der Waals surface area contributed by atoms with Gasteiger partial charge in [0.2, 0.25) is 0 Å². The van der Waals surface area contributed by atoms with E-state index in [1.165, 1.54) is 13.0 Å². The monoisotopic (exact) mass is 299 g/mol. The van der Waals surface area contributed by atoms with Crippen molar-refractivity contribution in [3.63, 3.8) is 0 Å². The van der Waals surface area contributed by atoms with E-state index < -0.39 is 10.8 Å². The number of carbonyl (C=O) groups excluding carboxylic acids is 1. The maximum atomic E-state index is 11.6. The van der Waals surface area contributed by atoms with Gasteiger partial charge in [0.25, 0.3) is 5.69 Å². The minimum absolute atomic E-state index is 0.00623. The van der Waals surface area contributed by atoms with Crippen LogP contribution in [0, 0.1) is 16.0 Å². The van der Waals surface area contributed by atoms with Gasteiger partial charge in [-0.15, -0.1) is 0 Å². The summed E-state index contributed by atoms with van der Waals surface area (Å²) in [5.74, 6) is -0.443. The van der Waals surface area contributed by atoms with E-state index in [1.54, 1.807) is 12.1 Å². The lowest BCUT2D eigenvalue weighted by molar-refractivity contribution is -0.385. The first-order chi connectivity index (χ1) is 7.84. The predicted octanol–water partition coefficient (Wildman–Crippen LogP) is 3.69. The Bertz CT molecular complexity index is 457. The van der Waals surface area contributed by atoms with Gasteiger partial charge in [-0.1, -0.05) is 35.8 Å². The van der Waals surface area contributed by atoms with Gasteiger partial charge in [-0.25, -0.2) is 0 Å². The number of Topliss-reactive ketones (excluding diaryl/α,β-unsaturated/α-hetero) is 1. The van der Waals surface area contributed by atoms with Gasteiger partial charge < -0.3 is 0 Å². The standard InChI is InChI=1S/C12H14BrNO3/c1-7(2)12(8(3)15)10-5-4-9(13)6-11(10)14(16)17/h4-7,12H,1-3H3. The second-order valence-corrected chi connectivity index (χ2v) is 5.21. The van der Waals surface area contributed by atoms with Crippen LogP contribution in [0.1, 0.15) is 32.3 Å². The summed E-state index contributed by atoms with van der Waals surface area (Å²) in [7, 11) is 0. The molecule has 0 spiro atoms. The maximum Gasteiger partial charge on any atom is 0.274 e.